The summed E-state index contributed by atoms with van der Waals surface area (Å²) in [7, 11) is 2.00. The first kappa shape index (κ1) is 9.47. The smallest absolute Gasteiger partial charge is 0.0205 e. The summed E-state index contributed by atoms with van der Waals surface area (Å²) in [6.45, 7) is 3.19. The average Bonchev–Trinajstić information content (AvgIpc) is 2.20. The van der Waals surface area contributed by atoms with Gasteiger partial charge in [-0.15, -0.1) is 0 Å². The number of nitrogens with one attached hydrogen (secondary N) is 1. The van der Waals surface area contributed by atoms with Crippen molar-refractivity contribution in [3.8, 4) is 0 Å². The molecule has 1 heteroatoms. The van der Waals surface area contributed by atoms with Gasteiger partial charge in [-0.3, -0.25) is 0 Å². The van der Waals surface area contributed by atoms with Gasteiger partial charge < -0.3 is 5.32 Å². The molecular weight excluding hydrogens is 170 g/mol. The first-order chi connectivity index (χ1) is 6.83. The summed E-state index contributed by atoms with van der Waals surface area (Å²) in [6, 6.07) is 6.61. The van der Waals surface area contributed by atoms with E-state index in [1.807, 2.05) is 7.05 Å². The van der Waals surface area contributed by atoms with Crippen LogP contribution in [0.25, 0.3) is 5.57 Å². The highest BCUT2D eigenvalue weighted by Crippen LogP contribution is 2.27. The maximum Gasteiger partial charge on any atom is 0.0205 e. The molecule has 0 saturated carbocycles. The second-order valence-corrected chi connectivity index (χ2v) is 3.90. The molecule has 1 aromatic rings. The van der Waals surface area contributed by atoms with Gasteiger partial charge in [0.2, 0.25) is 0 Å². The van der Waals surface area contributed by atoms with Gasteiger partial charge >= 0.3 is 0 Å². The largest absolute Gasteiger partial charge is 0.316 e. The third-order valence-corrected chi connectivity index (χ3v) is 2.91. The van der Waals surface area contributed by atoms with E-state index >= 15 is 0 Å². The summed E-state index contributed by atoms with van der Waals surface area (Å²) >= 11 is 0. The van der Waals surface area contributed by atoms with Crippen molar-refractivity contribution in [1.82, 2.24) is 5.32 Å². The molecule has 0 spiro atoms. The van der Waals surface area contributed by atoms with Crippen LogP contribution in [0, 0.1) is 6.92 Å². The number of rotatable bonds is 2. The van der Waals surface area contributed by atoms with E-state index in [-0.39, 0.29) is 0 Å². The Balaban J connectivity index is 2.43. The van der Waals surface area contributed by atoms with E-state index in [1.54, 1.807) is 5.56 Å². The number of fused-ring (bicyclic) bond motifs is 1. The molecule has 1 nitrogen and oxygen atoms in total. The van der Waals surface area contributed by atoms with E-state index < -0.39 is 0 Å². The molecule has 0 aromatic heterocycles. The molecule has 1 aromatic carbocycles. The van der Waals surface area contributed by atoms with Crippen LogP contribution in [-0.4, -0.2) is 13.6 Å². The second-order valence-electron chi connectivity index (χ2n) is 3.90. The summed E-state index contributed by atoms with van der Waals surface area (Å²) in [5.74, 6) is 0. The fourth-order valence-electron chi connectivity index (χ4n) is 2.19. The van der Waals surface area contributed by atoms with Gasteiger partial charge in [-0.2, -0.15) is 0 Å². The van der Waals surface area contributed by atoms with Crippen molar-refractivity contribution in [3.63, 3.8) is 0 Å². The molecule has 0 atom stereocenters. The Kier molecular flexibility index (Phi) is 2.69. The first-order valence-corrected chi connectivity index (χ1v) is 5.25. The Labute approximate surface area is 85.8 Å². The van der Waals surface area contributed by atoms with Gasteiger partial charge in [0.05, 0.1) is 0 Å². The lowest BCUT2D eigenvalue weighted by molar-refractivity contribution is 0.897. The fourth-order valence-corrected chi connectivity index (χ4v) is 2.19. The van der Waals surface area contributed by atoms with Crippen molar-refractivity contribution in [1.29, 1.82) is 0 Å². The molecule has 2 rings (SSSR count). The number of likely N-dealkylation sites (N-methyl/N-ethyl adjacent to an activating group) is 1. The minimum Gasteiger partial charge on any atom is -0.316 e. The zero-order chi connectivity index (χ0) is 9.97. The lowest BCUT2D eigenvalue weighted by Crippen LogP contribution is -2.13. The van der Waals surface area contributed by atoms with E-state index in [0.29, 0.717) is 0 Å². The zero-order valence-corrected chi connectivity index (χ0v) is 8.93. The van der Waals surface area contributed by atoms with Crippen LogP contribution in [0.4, 0.5) is 0 Å². The van der Waals surface area contributed by atoms with Crippen LogP contribution >= 0.6 is 0 Å². The molecule has 1 aliphatic carbocycles. The van der Waals surface area contributed by atoms with Crippen LogP contribution in [0.2, 0.25) is 0 Å². The van der Waals surface area contributed by atoms with Gasteiger partial charge in [0, 0.05) is 6.54 Å². The predicted octanol–water partition coefficient (Wildman–Crippen LogP) is 2.54. The topological polar surface area (TPSA) is 12.0 Å². The maximum absolute atomic E-state index is 3.23. The molecule has 74 valence electrons. The van der Waals surface area contributed by atoms with Gasteiger partial charge in [0.1, 0.15) is 0 Å². The van der Waals surface area contributed by atoms with Crippen molar-refractivity contribution >= 4 is 5.57 Å². The standard InChI is InChI=1S/C13H17N/c1-10-5-3-8-13-11(9-14-2)6-4-7-12(10)13/h3,5-6,8,14H,4,7,9H2,1-2H3. The van der Waals surface area contributed by atoms with Crippen molar-refractivity contribution in [2.24, 2.45) is 0 Å². The first-order valence-electron chi connectivity index (χ1n) is 5.25. The number of aryl methyl sites for hydroxylation is 1. The molecule has 0 bridgehead atoms. The molecule has 14 heavy (non-hydrogen) atoms. The predicted molar refractivity (Wildman–Crippen MR) is 61.4 cm³/mol. The lowest BCUT2D eigenvalue weighted by atomic mass is 9.88. The molecule has 0 radical (unpaired) electrons. The van der Waals surface area contributed by atoms with Gasteiger partial charge in [0.15, 0.2) is 0 Å². The number of hydrogen-bond acceptors (Lipinski definition) is 1. The minimum atomic E-state index is 0.983. The molecule has 1 aliphatic rings. The van der Waals surface area contributed by atoms with E-state index in [0.717, 1.165) is 6.54 Å². The molecule has 0 saturated heterocycles. The van der Waals surface area contributed by atoms with Crippen molar-refractivity contribution in [2.45, 2.75) is 19.8 Å². The third-order valence-electron chi connectivity index (χ3n) is 2.91. The van der Waals surface area contributed by atoms with Gasteiger partial charge in [-0.25, -0.2) is 0 Å². The van der Waals surface area contributed by atoms with Crippen LogP contribution < -0.4 is 5.32 Å². The van der Waals surface area contributed by atoms with Crippen LogP contribution in [-0.2, 0) is 6.42 Å². The Bertz CT molecular complexity index is 363. The molecule has 0 heterocycles. The Morgan fingerprint density at radius 3 is 3.00 bits per heavy atom. The summed E-state index contributed by atoms with van der Waals surface area (Å²) in [4.78, 5) is 0. The molecule has 0 aliphatic heterocycles. The summed E-state index contributed by atoms with van der Waals surface area (Å²) in [5.41, 5.74) is 5.88. The van der Waals surface area contributed by atoms with Crippen LogP contribution in [0.1, 0.15) is 23.1 Å². The number of allylic oxidation sites excluding steroid dienone is 1. The minimum absolute atomic E-state index is 0.983. The molecule has 0 fully saturated rings. The zero-order valence-electron chi connectivity index (χ0n) is 8.93. The van der Waals surface area contributed by atoms with Crippen LogP contribution in [0.5, 0.6) is 0 Å². The molecular formula is C13H17N. The highest BCUT2D eigenvalue weighted by molar-refractivity contribution is 5.72. The van der Waals surface area contributed by atoms with Crippen molar-refractivity contribution < 1.29 is 0 Å². The van der Waals surface area contributed by atoms with E-state index in [2.05, 4.69) is 36.5 Å². The Hall–Kier alpha value is -1.08. The average molecular weight is 187 g/mol. The maximum atomic E-state index is 3.23. The number of hydrogen-bond donors (Lipinski definition) is 1. The number of benzene rings is 1. The van der Waals surface area contributed by atoms with E-state index in [4.69, 9.17) is 0 Å². The second kappa shape index (κ2) is 3.97. The molecule has 0 unspecified atom stereocenters. The Morgan fingerprint density at radius 1 is 1.36 bits per heavy atom. The van der Waals surface area contributed by atoms with Crippen molar-refractivity contribution in [2.75, 3.05) is 13.6 Å². The highest BCUT2D eigenvalue weighted by atomic mass is 14.8. The Morgan fingerprint density at radius 2 is 2.21 bits per heavy atom. The summed E-state index contributed by atoms with van der Waals surface area (Å²) < 4.78 is 0. The third kappa shape index (κ3) is 1.60. The van der Waals surface area contributed by atoms with E-state index in [1.165, 1.54) is 29.5 Å². The summed E-state index contributed by atoms with van der Waals surface area (Å²) in [5, 5.41) is 3.23. The van der Waals surface area contributed by atoms with Crippen LogP contribution in [0.15, 0.2) is 24.3 Å². The van der Waals surface area contributed by atoms with E-state index in [9.17, 15) is 0 Å². The van der Waals surface area contributed by atoms with Crippen LogP contribution in [0.3, 0.4) is 0 Å². The molecule has 0 amide bonds. The quantitative estimate of drug-likeness (QED) is 0.750. The molecule has 1 N–H and O–H groups in total. The highest BCUT2D eigenvalue weighted by Gasteiger charge is 2.12. The van der Waals surface area contributed by atoms with Gasteiger partial charge in [-0.1, -0.05) is 24.3 Å². The van der Waals surface area contributed by atoms with Gasteiger partial charge in [-0.05, 0) is 49.1 Å². The van der Waals surface area contributed by atoms with Crippen molar-refractivity contribution in [3.05, 3.63) is 41.0 Å². The van der Waals surface area contributed by atoms with Gasteiger partial charge in [0.25, 0.3) is 0 Å². The lowest BCUT2D eigenvalue weighted by Gasteiger charge is -2.19. The SMILES string of the molecule is CNCC1=CCCc2c(C)cccc21. The fraction of sp³-hybridized carbons (Fsp3) is 0.385. The monoisotopic (exact) mass is 187 g/mol. The summed E-state index contributed by atoms with van der Waals surface area (Å²) in [6.07, 6.45) is 4.75. The normalized spacial score (nSPS) is 14.9.